The van der Waals surface area contributed by atoms with Crippen molar-refractivity contribution in [2.45, 2.75) is 96.8 Å². The standard InChI is InChI=1S/C34H38BN3O5/c1-32(2,3)41-31(39)38-26-14-19(26)15-27(38)30-36-25-11-8-18-13-24-22-10-9-21(35-42-33(4,5)34(6,7)43-35)12-20(22)17-40-28(24)16-23(18)29(25)37-30/h8-13,16,19,26-27H,14-15,17H2,1-7H3,(H,36,37)/t19-,26-,27-/m1/s1. The molecule has 1 aromatic heterocycles. The van der Waals surface area contributed by atoms with Gasteiger partial charge in [0.15, 0.2) is 0 Å². The van der Waals surface area contributed by atoms with E-state index in [0.29, 0.717) is 12.5 Å². The number of fused-ring (bicyclic) bond motifs is 7. The van der Waals surface area contributed by atoms with Crippen LogP contribution in [0.25, 0.3) is 32.9 Å². The topological polar surface area (TPSA) is 85.9 Å². The van der Waals surface area contributed by atoms with Crippen molar-refractivity contribution in [1.82, 2.24) is 14.9 Å². The third-order valence-electron chi connectivity index (χ3n) is 9.94. The Bertz CT molecular complexity index is 1810. The van der Waals surface area contributed by atoms with Crippen LogP contribution in [0.5, 0.6) is 5.75 Å². The van der Waals surface area contributed by atoms with Crippen LogP contribution in [0, 0.1) is 5.92 Å². The van der Waals surface area contributed by atoms with Gasteiger partial charge in [0.1, 0.15) is 23.8 Å². The van der Waals surface area contributed by atoms with E-state index in [1.54, 1.807) is 0 Å². The zero-order chi connectivity index (χ0) is 30.1. The summed E-state index contributed by atoms with van der Waals surface area (Å²) in [4.78, 5) is 23.7. The van der Waals surface area contributed by atoms with Gasteiger partial charge in [-0.1, -0.05) is 24.3 Å². The summed E-state index contributed by atoms with van der Waals surface area (Å²) < 4.78 is 24.7. The maximum Gasteiger partial charge on any atom is 0.494 e. The number of likely N-dealkylation sites (tertiary alicyclic amines) is 1. The second-order valence-corrected chi connectivity index (χ2v) is 14.6. The Morgan fingerprint density at radius 2 is 1.79 bits per heavy atom. The van der Waals surface area contributed by atoms with Crippen LogP contribution in [-0.2, 0) is 20.7 Å². The maximum atomic E-state index is 13.2. The van der Waals surface area contributed by atoms with Gasteiger partial charge in [0.2, 0.25) is 0 Å². The van der Waals surface area contributed by atoms with Crippen molar-refractivity contribution in [3.05, 3.63) is 53.9 Å². The number of H-pyrrole nitrogens is 1. The molecule has 8 nitrogen and oxygen atoms in total. The largest absolute Gasteiger partial charge is 0.494 e. The van der Waals surface area contributed by atoms with E-state index in [9.17, 15) is 4.79 Å². The minimum Gasteiger partial charge on any atom is -0.488 e. The van der Waals surface area contributed by atoms with E-state index < -0.39 is 12.7 Å². The number of nitrogens with zero attached hydrogens (tertiary/aromatic N) is 2. The molecule has 4 aromatic rings. The van der Waals surface area contributed by atoms with Crippen LogP contribution in [0.4, 0.5) is 4.79 Å². The highest BCUT2D eigenvalue weighted by Gasteiger charge is 2.56. The Kier molecular flexibility index (Phi) is 5.51. The lowest BCUT2D eigenvalue weighted by atomic mass is 9.77. The summed E-state index contributed by atoms with van der Waals surface area (Å²) in [6.45, 7) is 14.5. The van der Waals surface area contributed by atoms with Gasteiger partial charge in [-0.3, -0.25) is 4.90 Å². The number of carbonyl (C=O) groups excluding carboxylic acids is 1. The van der Waals surface area contributed by atoms with E-state index in [-0.39, 0.29) is 29.4 Å². The number of nitrogens with one attached hydrogen (secondary N) is 1. The maximum absolute atomic E-state index is 13.2. The number of aromatic amines is 1. The van der Waals surface area contributed by atoms with Crippen LogP contribution in [0.15, 0.2) is 42.5 Å². The van der Waals surface area contributed by atoms with Gasteiger partial charge in [-0.05, 0) is 107 Å². The third kappa shape index (κ3) is 4.26. The van der Waals surface area contributed by atoms with Crippen molar-refractivity contribution in [2.75, 3.05) is 0 Å². The monoisotopic (exact) mass is 579 g/mol. The lowest BCUT2D eigenvalue weighted by Crippen LogP contribution is -2.41. The number of carbonyl (C=O) groups is 1. The second-order valence-electron chi connectivity index (χ2n) is 14.6. The molecule has 2 saturated heterocycles. The van der Waals surface area contributed by atoms with Gasteiger partial charge in [0, 0.05) is 17.0 Å². The molecule has 222 valence electrons. The molecule has 1 amide bonds. The van der Waals surface area contributed by atoms with Crippen LogP contribution in [-0.4, -0.2) is 50.9 Å². The molecular weight excluding hydrogens is 541 g/mol. The average molecular weight is 580 g/mol. The molecule has 43 heavy (non-hydrogen) atoms. The Morgan fingerprint density at radius 1 is 1.02 bits per heavy atom. The van der Waals surface area contributed by atoms with Crippen molar-refractivity contribution in [2.24, 2.45) is 5.92 Å². The molecule has 3 atom stereocenters. The van der Waals surface area contributed by atoms with E-state index in [4.69, 9.17) is 23.8 Å². The summed E-state index contributed by atoms with van der Waals surface area (Å²) in [7, 11) is -0.410. The molecular formula is C34H38BN3O5. The van der Waals surface area contributed by atoms with Crippen molar-refractivity contribution >= 4 is 40.5 Å². The highest BCUT2D eigenvalue weighted by Crippen LogP contribution is 2.54. The van der Waals surface area contributed by atoms with Gasteiger partial charge < -0.3 is 23.8 Å². The number of hydrogen-bond donors (Lipinski definition) is 1. The van der Waals surface area contributed by atoms with E-state index in [0.717, 1.165) is 68.4 Å². The zero-order valence-corrected chi connectivity index (χ0v) is 25.9. The van der Waals surface area contributed by atoms with Crippen LogP contribution < -0.4 is 10.2 Å². The first-order chi connectivity index (χ1) is 20.3. The highest BCUT2D eigenvalue weighted by atomic mass is 16.7. The summed E-state index contributed by atoms with van der Waals surface area (Å²) in [6.07, 6.45) is 1.70. The Morgan fingerprint density at radius 3 is 2.53 bits per heavy atom. The number of imidazole rings is 1. The van der Waals surface area contributed by atoms with Crippen molar-refractivity contribution in [1.29, 1.82) is 0 Å². The Balaban J connectivity index is 1.13. The lowest BCUT2D eigenvalue weighted by Gasteiger charge is -2.32. The molecule has 4 heterocycles. The molecule has 1 N–H and O–H groups in total. The quantitative estimate of drug-likeness (QED) is 0.268. The Labute approximate surface area is 252 Å². The summed E-state index contributed by atoms with van der Waals surface area (Å²) in [6, 6.07) is 15.1. The van der Waals surface area contributed by atoms with Crippen LogP contribution in [0.1, 0.15) is 78.7 Å². The fourth-order valence-electron chi connectivity index (χ4n) is 6.89. The lowest BCUT2D eigenvalue weighted by molar-refractivity contribution is 0.00578. The molecule has 0 radical (unpaired) electrons. The average Bonchev–Trinajstić information content (AvgIpc) is 3.28. The molecule has 0 spiro atoms. The predicted molar refractivity (Wildman–Crippen MR) is 166 cm³/mol. The normalized spacial score (nSPS) is 25.0. The van der Waals surface area contributed by atoms with Crippen molar-refractivity contribution in [3.63, 3.8) is 0 Å². The first-order valence-electron chi connectivity index (χ1n) is 15.4. The molecule has 9 heteroatoms. The number of benzene rings is 3. The van der Waals surface area contributed by atoms with Crippen LogP contribution in [0.2, 0.25) is 0 Å². The minimum absolute atomic E-state index is 0.111. The summed E-state index contributed by atoms with van der Waals surface area (Å²) in [5.74, 6) is 2.19. The van der Waals surface area contributed by atoms with Crippen molar-refractivity contribution < 1.29 is 23.6 Å². The summed E-state index contributed by atoms with van der Waals surface area (Å²) >= 11 is 0. The van der Waals surface area contributed by atoms with Gasteiger partial charge in [-0.25, -0.2) is 9.78 Å². The van der Waals surface area contributed by atoms with E-state index in [1.807, 2.05) is 25.7 Å². The second kappa shape index (κ2) is 8.76. The summed E-state index contributed by atoms with van der Waals surface area (Å²) in [5, 5.41) is 2.12. The van der Waals surface area contributed by atoms with Crippen molar-refractivity contribution in [3.8, 4) is 16.9 Å². The van der Waals surface area contributed by atoms with Gasteiger partial charge in [0.25, 0.3) is 0 Å². The number of amides is 1. The molecule has 1 saturated carbocycles. The molecule has 0 bridgehead atoms. The molecule has 3 fully saturated rings. The highest BCUT2D eigenvalue weighted by molar-refractivity contribution is 6.62. The van der Waals surface area contributed by atoms with E-state index in [2.05, 4.69) is 75.1 Å². The zero-order valence-electron chi connectivity index (χ0n) is 25.9. The summed E-state index contributed by atoms with van der Waals surface area (Å²) in [5.41, 5.74) is 4.87. The van der Waals surface area contributed by atoms with Crippen LogP contribution >= 0.6 is 0 Å². The van der Waals surface area contributed by atoms with E-state index >= 15 is 0 Å². The third-order valence-corrected chi connectivity index (χ3v) is 9.94. The fraction of sp³-hybridized carbons (Fsp3) is 0.471. The van der Waals surface area contributed by atoms with Gasteiger partial charge in [-0.15, -0.1) is 0 Å². The first-order valence-corrected chi connectivity index (χ1v) is 15.4. The number of ether oxygens (including phenoxy) is 2. The predicted octanol–water partition coefficient (Wildman–Crippen LogP) is 6.65. The van der Waals surface area contributed by atoms with E-state index in [1.165, 1.54) is 0 Å². The number of hydrogen-bond acceptors (Lipinski definition) is 6. The Hall–Kier alpha value is -3.56. The minimum atomic E-state index is -0.538. The molecule has 0 unspecified atom stereocenters. The molecule has 4 aliphatic rings. The molecule has 1 aliphatic carbocycles. The molecule has 3 aromatic carbocycles. The van der Waals surface area contributed by atoms with Gasteiger partial charge >= 0.3 is 13.2 Å². The van der Waals surface area contributed by atoms with Crippen LogP contribution in [0.3, 0.4) is 0 Å². The fourth-order valence-corrected chi connectivity index (χ4v) is 6.89. The SMILES string of the molecule is CC(C)(C)OC(=O)N1[C@@H](c2nc3c(ccc4cc5c(cc43)OCc3cc(B4OC(C)(C)C(C)(C)O4)ccc3-5)[nH]2)C[C@H]2C[C@H]21. The van der Waals surface area contributed by atoms with Gasteiger partial charge in [0.05, 0.1) is 28.3 Å². The molecule has 3 aliphatic heterocycles. The molecule has 8 rings (SSSR count). The first kappa shape index (κ1) is 27.0. The number of aromatic nitrogens is 2. The van der Waals surface area contributed by atoms with Gasteiger partial charge in [-0.2, -0.15) is 0 Å². The smallest absolute Gasteiger partial charge is 0.488 e. The number of rotatable bonds is 2. The number of piperidine rings is 1.